The van der Waals surface area contributed by atoms with Gasteiger partial charge in [-0.05, 0) is 54.8 Å². The fraction of sp³-hybridized carbons (Fsp3) is 0.450. The van der Waals surface area contributed by atoms with Crippen LogP contribution in [0.2, 0.25) is 0 Å². The first-order valence-corrected chi connectivity index (χ1v) is 9.85. The van der Waals surface area contributed by atoms with E-state index in [1.165, 1.54) is 24.1 Å². The molecule has 134 valence electrons. The van der Waals surface area contributed by atoms with Crippen LogP contribution < -0.4 is 10.1 Å². The first kappa shape index (κ1) is 17.8. The van der Waals surface area contributed by atoms with Gasteiger partial charge < -0.3 is 15.0 Å². The fourth-order valence-electron chi connectivity index (χ4n) is 3.12. The molecule has 0 unspecified atom stereocenters. The predicted octanol–water partition coefficient (Wildman–Crippen LogP) is 4.80. The summed E-state index contributed by atoms with van der Waals surface area (Å²) < 4.78 is 6.10. The van der Waals surface area contributed by atoms with Gasteiger partial charge in [0.05, 0.1) is 12.6 Å². The Labute approximate surface area is 153 Å². The van der Waals surface area contributed by atoms with Gasteiger partial charge in [0.25, 0.3) is 0 Å². The smallest absolute Gasteiger partial charge is 0.317 e. The van der Waals surface area contributed by atoms with Crippen molar-refractivity contribution in [1.82, 2.24) is 10.2 Å². The molecule has 1 aliphatic carbocycles. The number of carbonyl (C=O) groups excluding carboxylic acids is 1. The summed E-state index contributed by atoms with van der Waals surface area (Å²) in [5.41, 5.74) is 1.06. The van der Waals surface area contributed by atoms with E-state index >= 15 is 0 Å². The van der Waals surface area contributed by atoms with E-state index in [1.807, 2.05) is 48.8 Å². The van der Waals surface area contributed by atoms with Gasteiger partial charge in [-0.1, -0.05) is 24.6 Å². The minimum atomic E-state index is -0.0630. The van der Waals surface area contributed by atoms with Crippen molar-refractivity contribution in [1.29, 1.82) is 0 Å². The number of thiophene rings is 1. The van der Waals surface area contributed by atoms with Crippen LogP contribution in [0.15, 0.2) is 41.8 Å². The largest absolute Gasteiger partial charge is 0.490 e. The number of urea groups is 1. The van der Waals surface area contributed by atoms with Gasteiger partial charge in [-0.15, -0.1) is 11.3 Å². The molecule has 2 aromatic rings. The number of amides is 2. The van der Waals surface area contributed by atoms with Crippen LogP contribution in [0.1, 0.15) is 42.5 Å². The van der Waals surface area contributed by atoms with Crippen LogP contribution in [0.5, 0.6) is 5.75 Å². The molecular formula is C20H26N2O2S. The molecular weight excluding hydrogens is 332 g/mol. The highest BCUT2D eigenvalue weighted by molar-refractivity contribution is 7.09. The maximum atomic E-state index is 12.2. The van der Waals surface area contributed by atoms with Gasteiger partial charge in [-0.3, -0.25) is 0 Å². The molecule has 1 heterocycles. The Bertz CT molecular complexity index is 666. The average Bonchev–Trinajstić information content (AvgIpc) is 3.14. The molecule has 2 amide bonds. The van der Waals surface area contributed by atoms with Crippen molar-refractivity contribution in [2.24, 2.45) is 0 Å². The Hall–Kier alpha value is -2.01. The number of hydrogen-bond acceptors (Lipinski definition) is 3. The second-order valence-electron chi connectivity index (χ2n) is 6.62. The third-order valence-electron chi connectivity index (χ3n) is 4.52. The van der Waals surface area contributed by atoms with Gasteiger partial charge >= 0.3 is 6.03 Å². The maximum Gasteiger partial charge on any atom is 0.317 e. The number of ether oxygens (including phenoxy) is 1. The molecule has 1 fully saturated rings. The van der Waals surface area contributed by atoms with Crippen molar-refractivity contribution in [2.75, 3.05) is 7.05 Å². The number of benzene rings is 1. The molecule has 0 bridgehead atoms. The first-order valence-electron chi connectivity index (χ1n) is 8.97. The van der Waals surface area contributed by atoms with Gasteiger partial charge in [0.2, 0.25) is 0 Å². The molecule has 1 saturated carbocycles. The lowest BCUT2D eigenvalue weighted by atomic mass is 9.98. The third-order valence-corrected chi connectivity index (χ3v) is 5.38. The van der Waals surface area contributed by atoms with E-state index in [1.54, 1.807) is 16.2 Å². The summed E-state index contributed by atoms with van der Waals surface area (Å²) in [4.78, 5) is 15.1. The lowest BCUT2D eigenvalue weighted by Gasteiger charge is -2.23. The van der Waals surface area contributed by atoms with E-state index in [0.717, 1.165) is 24.2 Å². The van der Waals surface area contributed by atoms with Crippen LogP contribution in [-0.4, -0.2) is 24.1 Å². The highest BCUT2D eigenvalue weighted by atomic mass is 32.1. The Balaban J connectivity index is 1.48. The van der Waals surface area contributed by atoms with Crippen molar-refractivity contribution in [2.45, 2.75) is 51.3 Å². The number of rotatable bonds is 6. The number of nitrogens with zero attached hydrogens (tertiary/aromatic N) is 1. The quantitative estimate of drug-likeness (QED) is 0.806. The number of carbonyl (C=O) groups is 1. The van der Waals surface area contributed by atoms with Crippen molar-refractivity contribution in [3.63, 3.8) is 0 Å². The van der Waals surface area contributed by atoms with E-state index < -0.39 is 0 Å². The molecule has 0 radical (unpaired) electrons. The molecule has 25 heavy (non-hydrogen) atoms. The van der Waals surface area contributed by atoms with Gasteiger partial charge in [-0.25, -0.2) is 4.79 Å². The van der Waals surface area contributed by atoms with E-state index in [9.17, 15) is 4.79 Å². The monoisotopic (exact) mass is 358 g/mol. The molecule has 5 heteroatoms. The lowest BCUT2D eigenvalue weighted by Crippen LogP contribution is -2.36. The summed E-state index contributed by atoms with van der Waals surface area (Å²) in [6.07, 6.45) is 6.48. The summed E-state index contributed by atoms with van der Waals surface area (Å²) in [7, 11) is 1.82. The first-order chi connectivity index (χ1) is 12.2. The van der Waals surface area contributed by atoms with E-state index in [4.69, 9.17) is 4.74 Å². The highest BCUT2D eigenvalue weighted by Gasteiger charge is 2.15. The normalized spacial score (nSPS) is 14.9. The predicted molar refractivity (Wildman–Crippen MR) is 102 cm³/mol. The molecule has 4 nitrogen and oxygen atoms in total. The van der Waals surface area contributed by atoms with Gasteiger partial charge in [0.15, 0.2) is 0 Å². The number of hydrogen-bond donors (Lipinski definition) is 1. The Morgan fingerprint density at radius 3 is 2.84 bits per heavy atom. The zero-order valence-corrected chi connectivity index (χ0v) is 15.6. The Morgan fingerprint density at radius 1 is 1.24 bits per heavy atom. The van der Waals surface area contributed by atoms with Crippen LogP contribution >= 0.6 is 11.3 Å². The van der Waals surface area contributed by atoms with E-state index in [0.29, 0.717) is 19.2 Å². The summed E-state index contributed by atoms with van der Waals surface area (Å²) in [6, 6.07) is 12.0. The Kier molecular flexibility index (Phi) is 6.34. The van der Waals surface area contributed by atoms with Crippen LogP contribution in [0.25, 0.3) is 0 Å². The second-order valence-corrected chi connectivity index (χ2v) is 7.65. The fourth-order valence-corrected chi connectivity index (χ4v) is 3.88. The molecule has 1 aromatic heterocycles. The van der Waals surface area contributed by atoms with Crippen molar-refractivity contribution < 1.29 is 9.53 Å². The second kappa shape index (κ2) is 8.90. The molecule has 1 N–H and O–H groups in total. The van der Waals surface area contributed by atoms with E-state index in [2.05, 4.69) is 5.32 Å². The SMILES string of the molecule is CN(Cc1cccs1)C(=O)NCc1cccc(OC2CCCCC2)c1. The number of nitrogens with one attached hydrogen (secondary N) is 1. The van der Waals surface area contributed by atoms with Gasteiger partial charge in [0.1, 0.15) is 5.75 Å². The topological polar surface area (TPSA) is 41.6 Å². The standard InChI is InChI=1S/C20H26N2O2S/c1-22(15-19-11-6-12-25-19)20(23)21-14-16-7-5-10-18(13-16)24-17-8-3-2-4-9-17/h5-7,10-13,17H,2-4,8-9,14-15H2,1H3,(H,21,23). The molecule has 1 aromatic carbocycles. The highest BCUT2D eigenvalue weighted by Crippen LogP contribution is 2.24. The minimum absolute atomic E-state index is 0.0630. The van der Waals surface area contributed by atoms with Gasteiger partial charge in [-0.2, -0.15) is 0 Å². The molecule has 1 aliphatic rings. The zero-order chi connectivity index (χ0) is 17.5. The Morgan fingerprint density at radius 2 is 2.08 bits per heavy atom. The van der Waals surface area contributed by atoms with Crippen LogP contribution in [0.4, 0.5) is 4.79 Å². The van der Waals surface area contributed by atoms with Gasteiger partial charge in [0, 0.05) is 18.5 Å². The summed E-state index contributed by atoms with van der Waals surface area (Å²) >= 11 is 1.66. The molecule has 0 spiro atoms. The van der Waals surface area contributed by atoms with E-state index in [-0.39, 0.29) is 6.03 Å². The molecule has 0 saturated heterocycles. The van der Waals surface area contributed by atoms with Crippen LogP contribution in [-0.2, 0) is 13.1 Å². The summed E-state index contributed by atoms with van der Waals surface area (Å²) in [6.45, 7) is 1.14. The summed E-state index contributed by atoms with van der Waals surface area (Å²) in [5, 5.41) is 5.00. The third kappa shape index (κ3) is 5.49. The van der Waals surface area contributed by atoms with Crippen molar-refractivity contribution in [3.8, 4) is 5.75 Å². The van der Waals surface area contributed by atoms with Crippen molar-refractivity contribution >= 4 is 17.4 Å². The minimum Gasteiger partial charge on any atom is -0.490 e. The molecule has 0 aliphatic heterocycles. The van der Waals surface area contributed by atoms with Crippen LogP contribution in [0, 0.1) is 0 Å². The zero-order valence-electron chi connectivity index (χ0n) is 14.7. The van der Waals surface area contributed by atoms with Crippen molar-refractivity contribution in [3.05, 3.63) is 52.2 Å². The summed E-state index contributed by atoms with van der Waals surface area (Å²) in [5.74, 6) is 0.908. The lowest BCUT2D eigenvalue weighted by molar-refractivity contribution is 0.155. The maximum absolute atomic E-state index is 12.2. The molecule has 3 rings (SSSR count). The van der Waals surface area contributed by atoms with Crippen LogP contribution in [0.3, 0.4) is 0 Å². The average molecular weight is 359 g/mol. The molecule has 0 atom stereocenters.